The molecule has 0 saturated heterocycles. The van der Waals surface area contributed by atoms with Crippen molar-refractivity contribution in [1.82, 2.24) is 0 Å². The molecule has 17 heavy (non-hydrogen) atoms. The molecule has 0 aliphatic carbocycles. The molecule has 0 amide bonds. The number of benzene rings is 1. The van der Waals surface area contributed by atoms with Gasteiger partial charge in [0.2, 0.25) is 6.10 Å². The predicted octanol–water partition coefficient (Wildman–Crippen LogP) is 2.56. The van der Waals surface area contributed by atoms with E-state index < -0.39 is 24.9 Å². The van der Waals surface area contributed by atoms with E-state index in [0.717, 1.165) is 6.92 Å². The van der Waals surface area contributed by atoms with Crippen LogP contribution in [0.1, 0.15) is 6.92 Å². The normalized spacial score (nSPS) is 12.9. The maximum Gasteiger partial charge on any atom is 0.428 e. The highest BCUT2D eigenvalue weighted by Gasteiger charge is 2.42. The first-order chi connectivity index (χ1) is 7.89. The zero-order valence-corrected chi connectivity index (χ0v) is 9.03. The van der Waals surface area contributed by atoms with Crippen LogP contribution in [-0.4, -0.2) is 24.9 Å². The summed E-state index contributed by atoms with van der Waals surface area (Å²) in [4.78, 5) is 10.5. The maximum atomic E-state index is 12.5. The first-order valence-electron chi connectivity index (χ1n) is 4.81. The largest absolute Gasteiger partial charge is 0.477 e. The number of rotatable bonds is 4. The lowest BCUT2D eigenvalue weighted by Crippen LogP contribution is -2.39. The van der Waals surface area contributed by atoms with Crippen molar-refractivity contribution < 1.29 is 27.4 Å². The minimum atomic E-state index is -4.59. The van der Waals surface area contributed by atoms with E-state index in [-0.39, 0.29) is 5.75 Å². The van der Waals surface area contributed by atoms with Crippen molar-refractivity contribution in [3.05, 3.63) is 30.3 Å². The number of ether oxygens (including phenoxy) is 2. The zero-order valence-electron chi connectivity index (χ0n) is 9.03. The van der Waals surface area contributed by atoms with E-state index in [2.05, 4.69) is 4.74 Å². The molecule has 3 nitrogen and oxygen atoms in total. The summed E-state index contributed by atoms with van der Waals surface area (Å²) in [6, 6.07) is 7.55. The molecule has 6 heteroatoms. The second kappa shape index (κ2) is 5.56. The number of alkyl halides is 3. The van der Waals surface area contributed by atoms with Crippen molar-refractivity contribution in [2.24, 2.45) is 0 Å². The summed E-state index contributed by atoms with van der Waals surface area (Å²) in [7, 11) is 0. The van der Waals surface area contributed by atoms with Crippen molar-refractivity contribution in [3.8, 4) is 5.75 Å². The van der Waals surface area contributed by atoms with Gasteiger partial charge in [0.25, 0.3) is 0 Å². The van der Waals surface area contributed by atoms with Crippen molar-refractivity contribution in [2.45, 2.75) is 19.2 Å². The van der Waals surface area contributed by atoms with Crippen LogP contribution in [-0.2, 0) is 9.53 Å². The smallest absolute Gasteiger partial charge is 0.428 e. The first-order valence-corrected chi connectivity index (χ1v) is 4.81. The molecule has 0 fully saturated rings. The fraction of sp³-hybridized carbons (Fsp3) is 0.364. The number of carbonyl (C=O) groups is 1. The summed E-state index contributed by atoms with van der Waals surface area (Å²) in [5.41, 5.74) is 0. The molecule has 1 unspecified atom stereocenters. The molecule has 0 aromatic heterocycles. The van der Waals surface area contributed by atoms with Crippen LogP contribution in [0.15, 0.2) is 30.3 Å². The van der Waals surface area contributed by atoms with Gasteiger partial charge in [-0.05, 0) is 12.1 Å². The minimum Gasteiger partial charge on any atom is -0.477 e. The van der Waals surface area contributed by atoms with Gasteiger partial charge in [-0.2, -0.15) is 13.2 Å². The van der Waals surface area contributed by atoms with Gasteiger partial charge in [-0.1, -0.05) is 18.2 Å². The molecule has 0 spiro atoms. The number of hydrogen-bond acceptors (Lipinski definition) is 3. The molecular weight excluding hydrogens is 237 g/mol. The predicted molar refractivity (Wildman–Crippen MR) is 53.5 cm³/mol. The molecule has 0 bridgehead atoms. The third-order valence-electron chi connectivity index (χ3n) is 1.82. The molecule has 0 radical (unpaired) electrons. The summed E-state index contributed by atoms with van der Waals surface area (Å²) in [6.07, 6.45) is -6.75. The Kier molecular flexibility index (Phi) is 4.37. The third-order valence-corrected chi connectivity index (χ3v) is 1.82. The topological polar surface area (TPSA) is 35.5 Å². The summed E-state index contributed by atoms with van der Waals surface area (Å²) in [5, 5.41) is 0. The fourth-order valence-corrected chi connectivity index (χ4v) is 1.05. The fourth-order valence-electron chi connectivity index (χ4n) is 1.05. The van der Waals surface area contributed by atoms with Gasteiger partial charge >= 0.3 is 12.1 Å². The van der Waals surface area contributed by atoms with Crippen LogP contribution in [0.25, 0.3) is 0 Å². The number of para-hydroxylation sites is 1. The lowest BCUT2D eigenvalue weighted by Gasteiger charge is -2.21. The molecule has 0 saturated carbocycles. The standard InChI is InChI=1S/C11H11F3O3/c1-8(15)16-7-10(11(12,13)14)17-9-5-3-2-4-6-9/h2-6,10H,7H2,1H3. The van der Waals surface area contributed by atoms with E-state index in [1.165, 1.54) is 12.1 Å². The zero-order chi connectivity index (χ0) is 12.9. The van der Waals surface area contributed by atoms with Crippen molar-refractivity contribution in [2.75, 3.05) is 6.61 Å². The average molecular weight is 248 g/mol. The van der Waals surface area contributed by atoms with Crippen LogP contribution < -0.4 is 4.74 Å². The lowest BCUT2D eigenvalue weighted by molar-refractivity contribution is -0.208. The number of carbonyl (C=O) groups excluding carboxylic acids is 1. The highest BCUT2D eigenvalue weighted by Crippen LogP contribution is 2.25. The minimum absolute atomic E-state index is 0.0713. The summed E-state index contributed by atoms with van der Waals surface area (Å²) in [5.74, 6) is -0.710. The monoisotopic (exact) mass is 248 g/mol. The lowest BCUT2D eigenvalue weighted by atomic mass is 10.3. The Hall–Kier alpha value is -1.72. The molecule has 1 aromatic carbocycles. The number of esters is 1. The van der Waals surface area contributed by atoms with Crippen LogP contribution in [0.3, 0.4) is 0 Å². The van der Waals surface area contributed by atoms with Gasteiger partial charge in [-0.3, -0.25) is 4.79 Å². The van der Waals surface area contributed by atoms with Gasteiger partial charge < -0.3 is 9.47 Å². The number of halogens is 3. The molecule has 94 valence electrons. The number of hydrogen-bond donors (Lipinski definition) is 0. The van der Waals surface area contributed by atoms with Gasteiger partial charge in [-0.25, -0.2) is 0 Å². The van der Waals surface area contributed by atoms with Gasteiger partial charge in [-0.15, -0.1) is 0 Å². The van der Waals surface area contributed by atoms with Gasteiger partial charge in [0.15, 0.2) is 0 Å². The van der Waals surface area contributed by atoms with E-state index >= 15 is 0 Å². The van der Waals surface area contributed by atoms with Gasteiger partial charge in [0.05, 0.1) is 0 Å². The molecule has 1 aromatic rings. The van der Waals surface area contributed by atoms with Gasteiger partial charge in [0, 0.05) is 6.92 Å². The Bertz CT molecular complexity index is 362. The Morgan fingerprint density at radius 1 is 1.29 bits per heavy atom. The van der Waals surface area contributed by atoms with E-state index in [1.807, 2.05) is 0 Å². The maximum absolute atomic E-state index is 12.5. The molecule has 1 rings (SSSR count). The van der Waals surface area contributed by atoms with E-state index in [0.29, 0.717) is 0 Å². The summed E-state index contributed by atoms with van der Waals surface area (Å²) in [6.45, 7) is 0.184. The van der Waals surface area contributed by atoms with E-state index in [4.69, 9.17) is 4.74 Å². The second-order valence-electron chi connectivity index (χ2n) is 3.26. The van der Waals surface area contributed by atoms with Crippen LogP contribution in [0.2, 0.25) is 0 Å². The SMILES string of the molecule is CC(=O)OCC(Oc1ccccc1)C(F)(F)F. The van der Waals surface area contributed by atoms with Crippen LogP contribution in [0.5, 0.6) is 5.75 Å². The molecule has 0 aliphatic heterocycles. The molecule has 0 N–H and O–H groups in total. The molecule has 1 atom stereocenters. The highest BCUT2D eigenvalue weighted by molar-refractivity contribution is 5.65. The first kappa shape index (κ1) is 13.3. The van der Waals surface area contributed by atoms with E-state index in [9.17, 15) is 18.0 Å². The quantitative estimate of drug-likeness (QED) is 0.768. The van der Waals surface area contributed by atoms with Crippen molar-refractivity contribution >= 4 is 5.97 Å². The average Bonchev–Trinajstić information content (AvgIpc) is 2.23. The Balaban J connectivity index is 2.68. The molecule has 0 heterocycles. The Morgan fingerprint density at radius 2 is 1.88 bits per heavy atom. The van der Waals surface area contributed by atoms with E-state index in [1.54, 1.807) is 18.2 Å². The van der Waals surface area contributed by atoms with Crippen LogP contribution in [0.4, 0.5) is 13.2 Å². The Labute approximate surface area is 96.1 Å². The second-order valence-corrected chi connectivity index (χ2v) is 3.26. The molecular formula is C11H11F3O3. The van der Waals surface area contributed by atoms with Crippen molar-refractivity contribution in [1.29, 1.82) is 0 Å². The highest BCUT2D eigenvalue weighted by atomic mass is 19.4. The Morgan fingerprint density at radius 3 is 2.35 bits per heavy atom. The van der Waals surface area contributed by atoms with Crippen LogP contribution >= 0.6 is 0 Å². The summed E-state index contributed by atoms with van der Waals surface area (Å²) < 4.78 is 46.7. The molecule has 0 aliphatic rings. The van der Waals surface area contributed by atoms with Crippen molar-refractivity contribution in [3.63, 3.8) is 0 Å². The van der Waals surface area contributed by atoms with Gasteiger partial charge in [0.1, 0.15) is 12.4 Å². The van der Waals surface area contributed by atoms with Crippen LogP contribution in [0, 0.1) is 0 Å². The third kappa shape index (κ3) is 4.76. The summed E-state index contributed by atoms with van der Waals surface area (Å²) >= 11 is 0.